The summed E-state index contributed by atoms with van der Waals surface area (Å²) in [6.07, 6.45) is 1.61. The van der Waals surface area contributed by atoms with E-state index in [-0.39, 0.29) is 17.6 Å². The summed E-state index contributed by atoms with van der Waals surface area (Å²) in [6.45, 7) is 3.94. The van der Waals surface area contributed by atoms with E-state index in [1.54, 1.807) is 6.07 Å². The van der Waals surface area contributed by atoms with Crippen molar-refractivity contribution in [2.75, 3.05) is 0 Å². The zero-order valence-electron chi connectivity index (χ0n) is 11.4. The standard InChI is InChI=1S/C14H16BrNO4/c1-3-14(4-2)12(17)8-13(14)20-11-7-9(16(18)19)5-6-10(11)15/h5-7,13H,3-4,8H2,1-2H3. The Labute approximate surface area is 125 Å². The van der Waals surface area contributed by atoms with Crippen LogP contribution in [0.5, 0.6) is 5.75 Å². The molecule has 0 aliphatic heterocycles. The molecule has 5 nitrogen and oxygen atoms in total. The topological polar surface area (TPSA) is 69.4 Å². The van der Waals surface area contributed by atoms with Crippen molar-refractivity contribution in [2.24, 2.45) is 5.41 Å². The van der Waals surface area contributed by atoms with Crippen LogP contribution in [0, 0.1) is 15.5 Å². The Morgan fingerprint density at radius 3 is 2.60 bits per heavy atom. The molecule has 0 saturated heterocycles. The van der Waals surface area contributed by atoms with Gasteiger partial charge in [0.05, 0.1) is 20.9 Å². The van der Waals surface area contributed by atoms with Crippen molar-refractivity contribution >= 4 is 27.4 Å². The first-order valence-electron chi connectivity index (χ1n) is 6.58. The molecule has 1 unspecified atom stereocenters. The molecule has 0 bridgehead atoms. The molecule has 2 rings (SSSR count). The Hall–Kier alpha value is -1.43. The Morgan fingerprint density at radius 2 is 2.10 bits per heavy atom. The molecule has 1 fully saturated rings. The van der Waals surface area contributed by atoms with E-state index in [4.69, 9.17) is 4.74 Å². The smallest absolute Gasteiger partial charge is 0.273 e. The van der Waals surface area contributed by atoms with Gasteiger partial charge in [0, 0.05) is 12.5 Å². The number of benzene rings is 1. The lowest BCUT2D eigenvalue weighted by atomic mass is 9.61. The normalized spacial score (nSPS) is 20.4. The van der Waals surface area contributed by atoms with Crippen LogP contribution in [-0.2, 0) is 4.79 Å². The molecule has 108 valence electrons. The number of nitrogens with zero attached hydrogens (tertiary/aromatic N) is 1. The van der Waals surface area contributed by atoms with Crippen molar-refractivity contribution in [2.45, 2.75) is 39.2 Å². The average Bonchev–Trinajstić information content (AvgIpc) is 2.41. The summed E-state index contributed by atoms with van der Waals surface area (Å²) < 4.78 is 6.52. The number of hydrogen-bond acceptors (Lipinski definition) is 4. The first-order chi connectivity index (χ1) is 9.44. The van der Waals surface area contributed by atoms with E-state index >= 15 is 0 Å². The fourth-order valence-corrected chi connectivity index (χ4v) is 3.06. The van der Waals surface area contributed by atoms with Crippen molar-refractivity contribution in [3.63, 3.8) is 0 Å². The fraction of sp³-hybridized carbons (Fsp3) is 0.500. The first kappa shape index (κ1) is 15.0. The van der Waals surface area contributed by atoms with E-state index < -0.39 is 10.3 Å². The molecule has 1 aliphatic carbocycles. The van der Waals surface area contributed by atoms with Crippen LogP contribution in [0.4, 0.5) is 5.69 Å². The summed E-state index contributed by atoms with van der Waals surface area (Å²) in [5.74, 6) is 0.636. The molecular weight excluding hydrogens is 326 g/mol. The maximum absolute atomic E-state index is 11.9. The zero-order valence-corrected chi connectivity index (χ0v) is 13.0. The molecule has 0 amide bonds. The summed E-state index contributed by atoms with van der Waals surface area (Å²) in [6, 6.07) is 4.40. The highest BCUT2D eigenvalue weighted by Gasteiger charge is 2.54. The second-order valence-electron chi connectivity index (χ2n) is 4.97. The molecule has 0 spiro atoms. The van der Waals surface area contributed by atoms with Crippen LogP contribution in [-0.4, -0.2) is 16.8 Å². The van der Waals surface area contributed by atoms with Crippen LogP contribution < -0.4 is 4.74 Å². The molecule has 1 saturated carbocycles. The maximum Gasteiger partial charge on any atom is 0.273 e. The minimum atomic E-state index is -0.460. The number of ketones is 1. The van der Waals surface area contributed by atoms with Crippen molar-refractivity contribution < 1.29 is 14.5 Å². The van der Waals surface area contributed by atoms with Crippen molar-refractivity contribution in [1.82, 2.24) is 0 Å². The maximum atomic E-state index is 11.9. The molecule has 1 atom stereocenters. The predicted molar refractivity (Wildman–Crippen MR) is 77.9 cm³/mol. The number of rotatable bonds is 5. The van der Waals surface area contributed by atoms with Crippen molar-refractivity contribution in [3.05, 3.63) is 32.8 Å². The van der Waals surface area contributed by atoms with E-state index in [0.717, 1.165) is 12.8 Å². The Morgan fingerprint density at radius 1 is 1.45 bits per heavy atom. The minimum absolute atomic E-state index is 0.0209. The van der Waals surface area contributed by atoms with Gasteiger partial charge in [0.1, 0.15) is 17.6 Å². The SMILES string of the molecule is CCC1(CC)C(=O)CC1Oc1cc([N+](=O)[O-])ccc1Br. The largest absolute Gasteiger partial charge is 0.487 e. The van der Waals surface area contributed by atoms with Gasteiger partial charge in [-0.15, -0.1) is 0 Å². The highest BCUT2D eigenvalue weighted by atomic mass is 79.9. The quantitative estimate of drug-likeness (QED) is 0.601. The second kappa shape index (κ2) is 5.52. The molecular formula is C14H16BrNO4. The molecule has 0 heterocycles. The van der Waals surface area contributed by atoms with E-state index in [0.29, 0.717) is 16.6 Å². The minimum Gasteiger partial charge on any atom is -0.487 e. The zero-order chi connectivity index (χ0) is 14.9. The summed E-state index contributed by atoms with van der Waals surface area (Å²) in [7, 11) is 0. The molecule has 1 aromatic carbocycles. The monoisotopic (exact) mass is 341 g/mol. The summed E-state index contributed by atoms with van der Waals surface area (Å²) in [4.78, 5) is 22.2. The van der Waals surface area contributed by atoms with Gasteiger partial charge >= 0.3 is 0 Å². The van der Waals surface area contributed by atoms with E-state index in [1.165, 1.54) is 12.1 Å². The van der Waals surface area contributed by atoms with E-state index in [1.807, 2.05) is 13.8 Å². The first-order valence-corrected chi connectivity index (χ1v) is 7.37. The Kier molecular flexibility index (Phi) is 4.13. The van der Waals surface area contributed by atoms with Crippen LogP contribution in [0.25, 0.3) is 0 Å². The molecule has 6 heteroatoms. The summed E-state index contributed by atoms with van der Waals surface area (Å²) >= 11 is 3.33. The van der Waals surface area contributed by atoms with Crippen LogP contribution in [0.3, 0.4) is 0 Å². The highest BCUT2D eigenvalue weighted by Crippen LogP contribution is 2.46. The van der Waals surface area contributed by atoms with E-state index in [2.05, 4.69) is 15.9 Å². The number of hydrogen-bond donors (Lipinski definition) is 0. The lowest BCUT2D eigenvalue weighted by Crippen LogP contribution is -2.56. The van der Waals surface area contributed by atoms with Crippen LogP contribution >= 0.6 is 15.9 Å². The molecule has 0 aromatic heterocycles. The molecule has 0 N–H and O–H groups in total. The fourth-order valence-electron chi connectivity index (χ4n) is 2.72. The van der Waals surface area contributed by atoms with Crippen molar-refractivity contribution in [3.8, 4) is 5.75 Å². The second-order valence-corrected chi connectivity index (χ2v) is 5.82. The highest BCUT2D eigenvalue weighted by molar-refractivity contribution is 9.10. The summed E-state index contributed by atoms with van der Waals surface area (Å²) in [5.41, 5.74) is -0.461. The number of nitro groups is 1. The molecule has 0 radical (unpaired) electrons. The summed E-state index contributed by atoms with van der Waals surface area (Å²) in [5, 5.41) is 10.8. The third-order valence-corrected chi connectivity index (χ3v) is 4.85. The predicted octanol–water partition coefficient (Wildman–Crippen LogP) is 3.88. The van der Waals surface area contributed by atoms with E-state index in [9.17, 15) is 14.9 Å². The van der Waals surface area contributed by atoms with Gasteiger partial charge in [0.15, 0.2) is 0 Å². The Balaban J connectivity index is 2.25. The van der Waals surface area contributed by atoms with Crippen molar-refractivity contribution in [1.29, 1.82) is 0 Å². The van der Waals surface area contributed by atoms with Gasteiger partial charge in [-0.05, 0) is 34.8 Å². The Bertz CT molecular complexity index is 554. The number of ether oxygens (including phenoxy) is 1. The van der Waals surface area contributed by atoms with Gasteiger partial charge in [-0.25, -0.2) is 0 Å². The lowest BCUT2D eigenvalue weighted by molar-refractivity contribution is -0.385. The number of Topliss-reactive ketones (excluding diaryl/α,β-unsaturated/α-hetero) is 1. The van der Waals surface area contributed by atoms with Crippen LogP contribution in [0.15, 0.2) is 22.7 Å². The number of carbonyl (C=O) groups is 1. The van der Waals surface area contributed by atoms with Gasteiger partial charge in [-0.1, -0.05) is 13.8 Å². The van der Waals surface area contributed by atoms with Crippen LogP contribution in [0.2, 0.25) is 0 Å². The molecule has 1 aromatic rings. The third kappa shape index (κ3) is 2.32. The van der Waals surface area contributed by atoms with Crippen LogP contribution in [0.1, 0.15) is 33.1 Å². The number of halogens is 1. The van der Waals surface area contributed by atoms with Gasteiger partial charge in [0.2, 0.25) is 0 Å². The van der Waals surface area contributed by atoms with Gasteiger partial charge < -0.3 is 4.74 Å². The molecule has 20 heavy (non-hydrogen) atoms. The number of non-ortho nitro benzene ring substituents is 1. The molecule has 1 aliphatic rings. The number of nitro benzene ring substituents is 1. The van der Waals surface area contributed by atoms with Gasteiger partial charge in [0.25, 0.3) is 5.69 Å². The number of carbonyl (C=O) groups excluding carboxylic acids is 1. The lowest BCUT2D eigenvalue weighted by Gasteiger charge is -2.46. The van der Waals surface area contributed by atoms with Gasteiger partial charge in [-0.3, -0.25) is 14.9 Å². The average molecular weight is 342 g/mol. The third-order valence-electron chi connectivity index (χ3n) is 4.20. The van der Waals surface area contributed by atoms with Gasteiger partial charge in [-0.2, -0.15) is 0 Å².